The number of methoxy groups -OCH3 is 2. The number of rotatable bonds is 14. The molecule has 28 nitrogen and oxygen atoms in total. The molecule has 12 atom stereocenters. The van der Waals surface area contributed by atoms with Gasteiger partial charge in [0.1, 0.15) is 42.4 Å². The molecule has 0 spiro atoms. The van der Waals surface area contributed by atoms with Gasteiger partial charge in [-0.05, 0) is 0 Å². The largest absolute Gasteiger partial charge is 0.490 e. The number of carbonyl (C=O) groups excluding carboxylic acids is 1. The second kappa shape index (κ2) is 15.0. The number of aliphatic hydroxyl groups excluding tert-OH is 2. The van der Waals surface area contributed by atoms with Gasteiger partial charge in [0.25, 0.3) is 17.4 Å². The van der Waals surface area contributed by atoms with Crippen LogP contribution in [-0.4, -0.2) is 125 Å². The summed E-state index contributed by atoms with van der Waals surface area (Å²) in [5.74, 6) is -0.681. The molecule has 3 aliphatic rings. The minimum absolute atomic E-state index is 0.0167. The number of H-pyrrole nitrogens is 1. The number of phosphoric ester groups is 2. The average molecular weight is 834 g/mol. The maximum Gasteiger partial charge on any atom is 0.490 e. The van der Waals surface area contributed by atoms with E-state index < -0.39 is 104 Å². The van der Waals surface area contributed by atoms with Gasteiger partial charge in [-0.1, -0.05) is 4.98 Å². The second-order valence-corrected chi connectivity index (χ2v) is 16.5. The lowest BCUT2D eigenvalue weighted by atomic mass is 10.1. The predicted molar refractivity (Wildman–Crippen MR) is 172 cm³/mol. The van der Waals surface area contributed by atoms with Crippen LogP contribution < -0.4 is 32.2 Å². The number of phosphoric acid groups is 3. The van der Waals surface area contributed by atoms with Crippen LogP contribution in [0.25, 0.3) is 11.2 Å². The number of fused-ring (bicyclic) bond motifs is 2. The van der Waals surface area contributed by atoms with E-state index >= 15 is 0 Å². The fourth-order valence-corrected chi connectivity index (χ4v) is 9.59. The summed E-state index contributed by atoms with van der Waals surface area (Å²) in [5, 5.41) is 26.4. The molecule has 12 unspecified atom stereocenters. The van der Waals surface area contributed by atoms with Crippen molar-refractivity contribution in [3.63, 3.8) is 0 Å². The lowest BCUT2D eigenvalue weighted by Gasteiger charge is -2.27. The average Bonchev–Trinajstić information content (AvgIpc) is 3.80. The van der Waals surface area contributed by atoms with Crippen LogP contribution in [0.1, 0.15) is 22.9 Å². The highest BCUT2D eigenvalue weighted by Gasteiger charge is 2.51. The van der Waals surface area contributed by atoms with Gasteiger partial charge in [-0.2, -0.15) is 8.62 Å². The van der Waals surface area contributed by atoms with Gasteiger partial charge in [-0.15, -0.1) is 0 Å². The number of aromatic nitrogens is 6. The Morgan fingerprint density at radius 3 is 2.20 bits per heavy atom. The van der Waals surface area contributed by atoms with Gasteiger partial charge >= 0.3 is 29.1 Å². The van der Waals surface area contributed by atoms with Gasteiger partial charge in [-0.3, -0.25) is 38.5 Å². The first kappa shape index (κ1) is 40.4. The van der Waals surface area contributed by atoms with Crippen LogP contribution >= 0.6 is 23.5 Å². The Morgan fingerprint density at radius 2 is 1.57 bits per heavy atom. The lowest BCUT2D eigenvalue weighted by Crippen LogP contribution is -2.51. The molecule has 1 amide bonds. The lowest BCUT2D eigenvalue weighted by molar-refractivity contribution is -0.745. The van der Waals surface area contributed by atoms with Crippen molar-refractivity contribution < 1.29 is 84.6 Å². The zero-order valence-electron chi connectivity index (χ0n) is 28.0. The van der Waals surface area contributed by atoms with Gasteiger partial charge in [-0.25, -0.2) is 23.2 Å². The Balaban J connectivity index is 1.06. The number of nitrogens with two attached hydrogens (primary N) is 2. The van der Waals surface area contributed by atoms with E-state index in [0.29, 0.717) is 0 Å². The molecule has 3 aromatic heterocycles. The van der Waals surface area contributed by atoms with Gasteiger partial charge in [0, 0.05) is 14.2 Å². The number of amides is 1. The molecule has 3 aromatic rings. The van der Waals surface area contributed by atoms with E-state index in [1.54, 1.807) is 0 Å². The van der Waals surface area contributed by atoms with Crippen molar-refractivity contribution >= 4 is 52.3 Å². The topological polar surface area (TPSA) is 392 Å². The first-order valence-corrected chi connectivity index (χ1v) is 19.8. The number of hydrogen-bond donors (Lipinski definition) is 10. The predicted octanol–water partition coefficient (Wildman–Crippen LogP) is -3.66. The summed E-state index contributed by atoms with van der Waals surface area (Å²) < 4.78 is 82.0. The maximum absolute atomic E-state index is 12.7. The number of nitrogens with zero attached hydrogens (tertiary/aromatic N) is 5. The fraction of sp³-hybridized carbons (Fsp3) is 0.609. The summed E-state index contributed by atoms with van der Waals surface area (Å²) in [6, 6.07) is 0. The SMILES string of the molecule is COC1C(COP(=O)(O)OP(=O)(O)OP(=O)(O)OCC2OC([n+]3cn(C)c4c(=O)[nH]c(N)nc43)C(O)C2O)OC(n2cnc3c2NC(N)NC3=O)C1OC. The van der Waals surface area contributed by atoms with Crippen molar-refractivity contribution in [2.24, 2.45) is 12.8 Å². The molecule has 0 aliphatic carbocycles. The van der Waals surface area contributed by atoms with Gasteiger partial charge < -0.3 is 60.2 Å². The third kappa shape index (κ3) is 8.02. The molecule has 2 fully saturated rings. The van der Waals surface area contributed by atoms with Crippen LogP contribution in [0.2, 0.25) is 0 Å². The van der Waals surface area contributed by atoms with E-state index in [4.69, 9.17) is 34.9 Å². The molecular formula is C23H36N10O18P3+. The van der Waals surface area contributed by atoms with Crippen LogP contribution in [0.3, 0.4) is 0 Å². The Bertz CT molecular complexity index is 2110. The number of carbonyl (C=O) groups is 1. The van der Waals surface area contributed by atoms with Gasteiger partial charge in [0.15, 0.2) is 24.5 Å². The van der Waals surface area contributed by atoms with E-state index in [1.165, 1.54) is 43.1 Å². The zero-order valence-corrected chi connectivity index (χ0v) is 30.7. The number of imidazole rings is 2. The number of hydrogen-bond acceptors (Lipinski definition) is 20. The first-order valence-electron chi connectivity index (χ1n) is 15.3. The van der Waals surface area contributed by atoms with Crippen molar-refractivity contribution in [3.8, 4) is 0 Å². The molecule has 6 rings (SSSR count). The third-order valence-electron chi connectivity index (χ3n) is 8.31. The van der Waals surface area contributed by atoms with Crippen molar-refractivity contribution in [1.29, 1.82) is 0 Å². The molecule has 0 aromatic carbocycles. The Kier molecular flexibility index (Phi) is 11.2. The van der Waals surface area contributed by atoms with Crippen LogP contribution in [-0.2, 0) is 57.4 Å². The molecule has 300 valence electrons. The summed E-state index contributed by atoms with van der Waals surface area (Å²) in [4.78, 5) is 65.4. The van der Waals surface area contributed by atoms with E-state index in [-0.39, 0.29) is 28.6 Å². The molecule has 31 heteroatoms. The highest BCUT2D eigenvalue weighted by molar-refractivity contribution is 7.66. The zero-order chi connectivity index (χ0) is 39.5. The number of aliphatic hydroxyl groups is 2. The quantitative estimate of drug-likeness (QED) is 0.0553. The Morgan fingerprint density at radius 1 is 0.944 bits per heavy atom. The van der Waals surface area contributed by atoms with Crippen molar-refractivity contribution in [3.05, 3.63) is 28.7 Å². The van der Waals surface area contributed by atoms with E-state index in [2.05, 4.69) is 38.7 Å². The summed E-state index contributed by atoms with van der Waals surface area (Å²) in [5.41, 5.74) is 10.8. The van der Waals surface area contributed by atoms with Crippen molar-refractivity contribution in [2.75, 3.05) is 38.5 Å². The molecule has 3 aliphatic heterocycles. The monoisotopic (exact) mass is 833 g/mol. The van der Waals surface area contributed by atoms with Crippen LogP contribution in [0.15, 0.2) is 17.4 Å². The molecule has 0 radical (unpaired) electrons. The molecule has 0 bridgehead atoms. The molecule has 12 N–H and O–H groups in total. The maximum atomic E-state index is 12.7. The molecular weight excluding hydrogens is 797 g/mol. The standard InChI is InChI=1S/C23H35N10O18P3/c1-31-7-33(17-11(31)19(37)30-23(25)28-17)20-13(35)12(34)8(48-20)4-46-52(38,39)50-54(42,43)51-53(40,41)47-5-9-14(44-2)15(45-3)21(49-9)32-6-26-10-16(32)27-22(24)29-18(10)36/h6-9,12-15,20-22,34-35H,4-5,24H2,1-3H3,(H7-,25,27,28,29,30,36,37,38,39,40,41,42,43)/p+1. The number of aromatic amines is 1. The first-order chi connectivity index (χ1) is 25.2. The third-order valence-corrected chi connectivity index (χ3v) is 12.6. The van der Waals surface area contributed by atoms with Crippen LogP contribution in [0.4, 0.5) is 11.8 Å². The number of nitrogens with one attached hydrogen (secondary N) is 3. The summed E-state index contributed by atoms with van der Waals surface area (Å²) in [6.45, 7) is -1.91. The van der Waals surface area contributed by atoms with Gasteiger partial charge in [0.2, 0.25) is 11.7 Å². The van der Waals surface area contributed by atoms with E-state index in [0.717, 1.165) is 4.57 Å². The Hall–Kier alpha value is -3.24. The number of ether oxygens (including phenoxy) is 4. The second-order valence-electron chi connectivity index (χ2n) is 11.9. The number of aryl methyl sites for hydroxylation is 1. The molecule has 6 heterocycles. The molecule has 2 saturated heterocycles. The van der Waals surface area contributed by atoms with Crippen molar-refractivity contribution in [1.82, 2.24) is 29.4 Å². The molecule has 0 saturated carbocycles. The smallest absolute Gasteiger partial charge is 0.387 e. The van der Waals surface area contributed by atoms with Gasteiger partial charge in [0.05, 0.1) is 26.6 Å². The number of anilines is 2. The summed E-state index contributed by atoms with van der Waals surface area (Å²) >= 11 is 0. The minimum Gasteiger partial charge on any atom is -0.387 e. The molecule has 54 heavy (non-hydrogen) atoms. The minimum atomic E-state index is -5.95. The van der Waals surface area contributed by atoms with E-state index in [1.807, 2.05) is 0 Å². The fourth-order valence-electron chi connectivity index (χ4n) is 6.07. The van der Waals surface area contributed by atoms with Crippen LogP contribution in [0.5, 0.6) is 0 Å². The Labute approximate surface area is 301 Å². The highest BCUT2D eigenvalue weighted by Crippen LogP contribution is 2.68. The van der Waals surface area contributed by atoms with Crippen molar-refractivity contribution in [2.45, 2.75) is 55.4 Å². The summed E-state index contributed by atoms with van der Waals surface area (Å²) in [6.07, 6.45) is -9.24. The van der Waals surface area contributed by atoms with Crippen LogP contribution in [0, 0.1) is 0 Å². The van der Waals surface area contributed by atoms with E-state index in [9.17, 15) is 48.2 Å². The summed E-state index contributed by atoms with van der Waals surface area (Å²) in [7, 11) is -13.2. The number of nitrogen functional groups attached to an aromatic ring is 1. The normalized spacial score (nSPS) is 31.7. The highest BCUT2D eigenvalue weighted by atomic mass is 31.3.